The van der Waals surface area contributed by atoms with Gasteiger partial charge in [0.15, 0.2) is 10.4 Å². The lowest BCUT2D eigenvalue weighted by Crippen LogP contribution is -2.11. The van der Waals surface area contributed by atoms with Gasteiger partial charge in [0.05, 0.1) is 0 Å². The molecule has 1 aromatic heterocycles. The van der Waals surface area contributed by atoms with Gasteiger partial charge in [0.25, 0.3) is 5.91 Å². The Morgan fingerprint density at radius 1 is 1.35 bits per heavy atom. The average molecular weight is 295 g/mol. The fourth-order valence-electron chi connectivity index (χ4n) is 1.41. The third-order valence-electron chi connectivity index (χ3n) is 2.22. The van der Waals surface area contributed by atoms with E-state index in [0.717, 1.165) is 5.56 Å². The van der Waals surface area contributed by atoms with Crippen molar-refractivity contribution in [1.82, 2.24) is 0 Å². The number of carbonyl (C=O) groups excluding carboxylic acids is 1. The number of nitrogens with one attached hydrogen (secondary N) is 1. The number of hydrogen-bond donors (Lipinski definition) is 2. The lowest BCUT2D eigenvalue weighted by molar-refractivity contribution is 0.0995. The molecule has 0 aliphatic carbocycles. The molecule has 5 heteroatoms. The minimum Gasteiger partial charge on any atom is -0.444 e. The van der Waals surface area contributed by atoms with E-state index >= 15 is 0 Å². The molecule has 3 N–H and O–H groups in total. The topological polar surface area (TPSA) is 68.3 Å². The Labute approximate surface area is 107 Å². The van der Waals surface area contributed by atoms with Crippen LogP contribution in [-0.4, -0.2) is 5.91 Å². The van der Waals surface area contributed by atoms with E-state index in [0.29, 0.717) is 16.9 Å². The van der Waals surface area contributed by atoms with Crippen LogP contribution in [0.25, 0.3) is 0 Å². The first-order valence-electron chi connectivity index (χ1n) is 5.05. The van der Waals surface area contributed by atoms with Gasteiger partial charge in [-0.25, -0.2) is 0 Å². The van der Waals surface area contributed by atoms with Crippen molar-refractivity contribution in [3.05, 3.63) is 52.4 Å². The molecule has 88 valence electrons. The molecule has 0 atom stereocenters. The van der Waals surface area contributed by atoms with Crippen LogP contribution in [0.4, 0.5) is 5.69 Å². The van der Waals surface area contributed by atoms with E-state index in [1.165, 1.54) is 0 Å². The summed E-state index contributed by atoms with van der Waals surface area (Å²) >= 11 is 3.15. The Bertz CT molecular complexity index is 537. The van der Waals surface area contributed by atoms with Crippen LogP contribution in [0.15, 0.2) is 45.5 Å². The maximum absolute atomic E-state index is 11.8. The van der Waals surface area contributed by atoms with E-state index in [1.54, 1.807) is 18.2 Å². The molecule has 0 bridgehead atoms. The highest BCUT2D eigenvalue weighted by molar-refractivity contribution is 9.10. The smallest absolute Gasteiger partial charge is 0.291 e. The Hall–Kier alpha value is -1.59. The molecule has 2 rings (SSSR count). The summed E-state index contributed by atoms with van der Waals surface area (Å²) in [6.45, 7) is 0.440. The SMILES string of the molecule is NCc1cccc(NC(=O)c2ccc(Br)o2)c1. The molecule has 0 saturated carbocycles. The van der Waals surface area contributed by atoms with E-state index in [2.05, 4.69) is 21.2 Å². The number of carbonyl (C=O) groups is 1. The fraction of sp³-hybridized carbons (Fsp3) is 0.0833. The number of amides is 1. The zero-order chi connectivity index (χ0) is 12.3. The number of benzene rings is 1. The van der Waals surface area contributed by atoms with Gasteiger partial charge < -0.3 is 15.5 Å². The number of nitrogens with two attached hydrogens (primary N) is 1. The van der Waals surface area contributed by atoms with E-state index in [4.69, 9.17) is 10.2 Å². The summed E-state index contributed by atoms with van der Waals surface area (Å²) < 4.78 is 5.68. The van der Waals surface area contributed by atoms with Crippen molar-refractivity contribution in [3.8, 4) is 0 Å². The first kappa shape index (κ1) is 11.9. The van der Waals surface area contributed by atoms with Crippen LogP contribution < -0.4 is 11.1 Å². The van der Waals surface area contributed by atoms with Crippen LogP contribution in [-0.2, 0) is 6.54 Å². The molecule has 0 fully saturated rings. The molecule has 4 nitrogen and oxygen atoms in total. The number of anilines is 1. The minimum atomic E-state index is -0.287. The first-order valence-corrected chi connectivity index (χ1v) is 5.84. The molecule has 0 aliphatic rings. The van der Waals surface area contributed by atoms with Gasteiger partial charge in [-0.2, -0.15) is 0 Å². The van der Waals surface area contributed by atoms with Crippen LogP contribution >= 0.6 is 15.9 Å². The van der Waals surface area contributed by atoms with Gasteiger partial charge in [0.2, 0.25) is 0 Å². The summed E-state index contributed by atoms with van der Waals surface area (Å²) in [5.41, 5.74) is 7.19. The quantitative estimate of drug-likeness (QED) is 0.914. The predicted molar refractivity (Wildman–Crippen MR) is 68.7 cm³/mol. The summed E-state index contributed by atoms with van der Waals surface area (Å²) in [5, 5.41) is 2.74. The molecule has 1 aromatic carbocycles. The normalized spacial score (nSPS) is 10.2. The Morgan fingerprint density at radius 2 is 2.18 bits per heavy atom. The predicted octanol–water partition coefficient (Wildman–Crippen LogP) is 2.75. The van der Waals surface area contributed by atoms with Crippen molar-refractivity contribution >= 4 is 27.5 Å². The number of furan rings is 1. The number of hydrogen-bond acceptors (Lipinski definition) is 3. The summed E-state index contributed by atoms with van der Waals surface area (Å²) in [6.07, 6.45) is 0. The van der Waals surface area contributed by atoms with E-state index in [-0.39, 0.29) is 11.7 Å². The number of halogens is 1. The third-order valence-corrected chi connectivity index (χ3v) is 2.64. The summed E-state index contributed by atoms with van der Waals surface area (Å²) in [6, 6.07) is 10.7. The van der Waals surface area contributed by atoms with Crippen LogP contribution in [0.2, 0.25) is 0 Å². The third kappa shape index (κ3) is 2.95. The first-order chi connectivity index (χ1) is 8.19. The van der Waals surface area contributed by atoms with Crippen LogP contribution in [0.5, 0.6) is 0 Å². The summed E-state index contributed by atoms with van der Waals surface area (Å²) in [5.74, 6) is -0.0279. The van der Waals surface area contributed by atoms with Crippen molar-refractivity contribution in [2.45, 2.75) is 6.54 Å². The Morgan fingerprint density at radius 3 is 2.82 bits per heavy atom. The van der Waals surface area contributed by atoms with Crippen molar-refractivity contribution in [3.63, 3.8) is 0 Å². The zero-order valence-electron chi connectivity index (χ0n) is 8.94. The second kappa shape index (κ2) is 5.16. The Kier molecular flexibility index (Phi) is 3.61. The Balaban J connectivity index is 2.12. The van der Waals surface area contributed by atoms with Crippen LogP contribution in [0, 0.1) is 0 Å². The lowest BCUT2D eigenvalue weighted by atomic mass is 10.2. The molecule has 0 radical (unpaired) electrons. The molecule has 0 saturated heterocycles. The van der Waals surface area contributed by atoms with E-state index in [1.807, 2.05) is 18.2 Å². The summed E-state index contributed by atoms with van der Waals surface area (Å²) in [4.78, 5) is 11.8. The van der Waals surface area contributed by atoms with E-state index < -0.39 is 0 Å². The standard InChI is InChI=1S/C12H11BrN2O2/c13-11-5-4-10(17-11)12(16)15-9-3-1-2-8(6-9)7-14/h1-6H,7,14H2,(H,15,16). The van der Waals surface area contributed by atoms with Gasteiger partial charge in [-0.15, -0.1) is 0 Å². The molecule has 0 unspecified atom stereocenters. The molecule has 0 aliphatic heterocycles. The van der Waals surface area contributed by atoms with Gasteiger partial charge in [-0.3, -0.25) is 4.79 Å². The summed E-state index contributed by atoms with van der Waals surface area (Å²) in [7, 11) is 0. The van der Waals surface area contributed by atoms with Crippen molar-refractivity contribution in [2.24, 2.45) is 5.73 Å². The molecule has 0 spiro atoms. The molecular weight excluding hydrogens is 284 g/mol. The zero-order valence-corrected chi connectivity index (χ0v) is 10.5. The highest BCUT2D eigenvalue weighted by atomic mass is 79.9. The molecule has 1 amide bonds. The second-order valence-electron chi connectivity index (χ2n) is 3.46. The number of rotatable bonds is 3. The van der Waals surface area contributed by atoms with Crippen LogP contribution in [0.3, 0.4) is 0 Å². The van der Waals surface area contributed by atoms with Crippen LogP contribution in [0.1, 0.15) is 16.1 Å². The average Bonchev–Trinajstić information content (AvgIpc) is 2.76. The van der Waals surface area contributed by atoms with Crippen molar-refractivity contribution in [1.29, 1.82) is 0 Å². The maximum atomic E-state index is 11.8. The van der Waals surface area contributed by atoms with Gasteiger partial charge in [-0.1, -0.05) is 12.1 Å². The van der Waals surface area contributed by atoms with Gasteiger partial charge in [0.1, 0.15) is 0 Å². The molecular formula is C12H11BrN2O2. The molecule has 17 heavy (non-hydrogen) atoms. The van der Waals surface area contributed by atoms with E-state index in [9.17, 15) is 4.79 Å². The monoisotopic (exact) mass is 294 g/mol. The molecule has 2 aromatic rings. The highest BCUT2D eigenvalue weighted by Crippen LogP contribution is 2.16. The van der Waals surface area contributed by atoms with Crippen molar-refractivity contribution in [2.75, 3.05) is 5.32 Å². The lowest BCUT2D eigenvalue weighted by Gasteiger charge is -2.04. The largest absolute Gasteiger partial charge is 0.444 e. The highest BCUT2D eigenvalue weighted by Gasteiger charge is 2.10. The fourth-order valence-corrected chi connectivity index (χ4v) is 1.71. The second-order valence-corrected chi connectivity index (χ2v) is 4.24. The van der Waals surface area contributed by atoms with Gasteiger partial charge >= 0.3 is 0 Å². The van der Waals surface area contributed by atoms with Gasteiger partial charge in [0, 0.05) is 12.2 Å². The van der Waals surface area contributed by atoms with Gasteiger partial charge in [-0.05, 0) is 45.8 Å². The van der Waals surface area contributed by atoms with Crippen molar-refractivity contribution < 1.29 is 9.21 Å². The minimum absolute atomic E-state index is 0.259. The molecule has 1 heterocycles. The maximum Gasteiger partial charge on any atom is 0.291 e.